The van der Waals surface area contributed by atoms with Crippen molar-refractivity contribution >= 4 is 5.69 Å². The Morgan fingerprint density at radius 3 is 2.64 bits per heavy atom. The van der Waals surface area contributed by atoms with Crippen molar-refractivity contribution in [3.63, 3.8) is 0 Å². The lowest BCUT2D eigenvalue weighted by Crippen LogP contribution is -2.24. The van der Waals surface area contributed by atoms with Crippen LogP contribution in [-0.4, -0.2) is 13.6 Å². The van der Waals surface area contributed by atoms with Crippen molar-refractivity contribution in [2.75, 3.05) is 18.5 Å². The summed E-state index contributed by atoms with van der Waals surface area (Å²) in [7, 11) is 2.19. The SMILES string of the molecule is CN1CCCc2cc(-c3ccc4c(c3)C(N)CCC4)ccc21. The monoisotopic (exact) mass is 292 g/mol. The fraction of sp³-hybridized carbons (Fsp3) is 0.400. The van der Waals surface area contributed by atoms with Gasteiger partial charge in [-0.15, -0.1) is 0 Å². The summed E-state index contributed by atoms with van der Waals surface area (Å²) in [4.78, 5) is 2.37. The quantitative estimate of drug-likeness (QED) is 0.858. The Balaban J connectivity index is 1.75. The molecule has 114 valence electrons. The van der Waals surface area contributed by atoms with E-state index in [1.165, 1.54) is 65.7 Å². The normalized spacial score (nSPS) is 20.5. The number of benzene rings is 2. The van der Waals surface area contributed by atoms with Gasteiger partial charge in [0.25, 0.3) is 0 Å². The molecule has 1 aliphatic heterocycles. The van der Waals surface area contributed by atoms with Gasteiger partial charge in [0.1, 0.15) is 0 Å². The van der Waals surface area contributed by atoms with Crippen LogP contribution in [0.15, 0.2) is 36.4 Å². The van der Waals surface area contributed by atoms with Gasteiger partial charge < -0.3 is 10.6 Å². The van der Waals surface area contributed by atoms with Crippen LogP contribution in [0.5, 0.6) is 0 Å². The van der Waals surface area contributed by atoms with Crippen LogP contribution in [0.4, 0.5) is 5.69 Å². The summed E-state index contributed by atoms with van der Waals surface area (Å²) in [6.45, 7) is 1.17. The number of nitrogens with two attached hydrogens (primary N) is 1. The summed E-state index contributed by atoms with van der Waals surface area (Å²) in [5.74, 6) is 0. The summed E-state index contributed by atoms with van der Waals surface area (Å²) >= 11 is 0. The van der Waals surface area contributed by atoms with E-state index in [1.807, 2.05) is 0 Å². The maximum absolute atomic E-state index is 6.32. The lowest BCUT2D eigenvalue weighted by Gasteiger charge is -2.28. The summed E-state index contributed by atoms with van der Waals surface area (Å²) in [6, 6.07) is 14.0. The topological polar surface area (TPSA) is 29.3 Å². The van der Waals surface area contributed by atoms with Crippen molar-refractivity contribution in [2.45, 2.75) is 38.1 Å². The smallest absolute Gasteiger partial charge is 0.0396 e. The van der Waals surface area contributed by atoms with Gasteiger partial charge in [0.15, 0.2) is 0 Å². The van der Waals surface area contributed by atoms with E-state index in [2.05, 4.69) is 48.3 Å². The van der Waals surface area contributed by atoms with Crippen LogP contribution in [0.3, 0.4) is 0 Å². The van der Waals surface area contributed by atoms with E-state index in [1.54, 1.807) is 0 Å². The van der Waals surface area contributed by atoms with E-state index < -0.39 is 0 Å². The fourth-order valence-electron chi connectivity index (χ4n) is 3.98. The summed E-state index contributed by atoms with van der Waals surface area (Å²) in [5.41, 5.74) is 14.6. The van der Waals surface area contributed by atoms with Crippen molar-refractivity contribution in [1.82, 2.24) is 0 Å². The van der Waals surface area contributed by atoms with Gasteiger partial charge in [0.2, 0.25) is 0 Å². The molecular weight excluding hydrogens is 268 g/mol. The molecule has 22 heavy (non-hydrogen) atoms. The van der Waals surface area contributed by atoms with Crippen LogP contribution >= 0.6 is 0 Å². The first kappa shape index (κ1) is 13.8. The number of hydrogen-bond donors (Lipinski definition) is 1. The second kappa shape index (κ2) is 5.44. The minimum absolute atomic E-state index is 0.215. The highest BCUT2D eigenvalue weighted by Gasteiger charge is 2.18. The Morgan fingerprint density at radius 2 is 1.73 bits per heavy atom. The largest absolute Gasteiger partial charge is 0.374 e. The molecule has 4 rings (SSSR count). The molecule has 2 aromatic carbocycles. The van der Waals surface area contributed by atoms with Crippen LogP contribution in [-0.2, 0) is 12.8 Å². The number of nitrogens with zero attached hydrogens (tertiary/aromatic N) is 1. The molecule has 0 radical (unpaired) electrons. The van der Waals surface area contributed by atoms with Gasteiger partial charge in [-0.2, -0.15) is 0 Å². The first-order valence-electron chi connectivity index (χ1n) is 8.45. The molecule has 2 aromatic rings. The van der Waals surface area contributed by atoms with E-state index in [0.717, 1.165) is 6.42 Å². The second-order valence-corrected chi connectivity index (χ2v) is 6.78. The molecule has 1 unspecified atom stereocenters. The summed E-state index contributed by atoms with van der Waals surface area (Å²) < 4.78 is 0. The molecule has 1 aliphatic carbocycles. The molecule has 0 amide bonds. The molecule has 0 saturated heterocycles. The standard InChI is InChI=1S/C20H24N2/c1-22-11-3-5-17-12-15(9-10-20(17)22)16-8-7-14-4-2-6-19(21)18(14)13-16/h7-10,12-13,19H,2-6,11,21H2,1H3. The molecule has 0 spiro atoms. The average Bonchev–Trinajstić information content (AvgIpc) is 2.55. The minimum Gasteiger partial charge on any atom is -0.374 e. The molecule has 1 atom stereocenters. The van der Waals surface area contributed by atoms with Crippen LogP contribution in [0.2, 0.25) is 0 Å². The molecule has 0 aromatic heterocycles. The average molecular weight is 292 g/mol. The molecule has 0 saturated carbocycles. The Bertz CT molecular complexity index is 705. The van der Waals surface area contributed by atoms with Crippen LogP contribution in [0.25, 0.3) is 11.1 Å². The zero-order valence-corrected chi connectivity index (χ0v) is 13.3. The Morgan fingerprint density at radius 1 is 0.955 bits per heavy atom. The van der Waals surface area contributed by atoms with Crippen molar-refractivity contribution in [3.05, 3.63) is 53.1 Å². The van der Waals surface area contributed by atoms with E-state index in [9.17, 15) is 0 Å². The van der Waals surface area contributed by atoms with Gasteiger partial charge in [-0.3, -0.25) is 0 Å². The predicted octanol–water partition coefficient (Wildman–Crippen LogP) is 4.07. The maximum atomic E-state index is 6.32. The highest BCUT2D eigenvalue weighted by atomic mass is 15.1. The lowest BCUT2D eigenvalue weighted by molar-refractivity contribution is 0.571. The van der Waals surface area contributed by atoms with Gasteiger partial charge in [0, 0.05) is 25.3 Å². The van der Waals surface area contributed by atoms with Crippen LogP contribution in [0.1, 0.15) is 42.0 Å². The summed E-state index contributed by atoms with van der Waals surface area (Å²) in [6.07, 6.45) is 5.96. The Hall–Kier alpha value is -1.80. The lowest BCUT2D eigenvalue weighted by atomic mass is 9.85. The van der Waals surface area contributed by atoms with Crippen LogP contribution < -0.4 is 10.6 Å². The van der Waals surface area contributed by atoms with Gasteiger partial charge in [-0.1, -0.05) is 18.2 Å². The number of fused-ring (bicyclic) bond motifs is 2. The van der Waals surface area contributed by atoms with Gasteiger partial charge in [0.05, 0.1) is 0 Å². The van der Waals surface area contributed by atoms with E-state index in [-0.39, 0.29) is 6.04 Å². The highest BCUT2D eigenvalue weighted by Crippen LogP contribution is 2.34. The van der Waals surface area contributed by atoms with E-state index in [4.69, 9.17) is 5.73 Å². The predicted molar refractivity (Wildman–Crippen MR) is 93.3 cm³/mol. The minimum atomic E-state index is 0.215. The van der Waals surface area contributed by atoms with Crippen molar-refractivity contribution in [3.8, 4) is 11.1 Å². The molecule has 0 bridgehead atoms. The zero-order chi connectivity index (χ0) is 15.1. The number of anilines is 1. The van der Waals surface area contributed by atoms with Crippen LogP contribution in [0, 0.1) is 0 Å². The summed E-state index contributed by atoms with van der Waals surface area (Å²) in [5, 5.41) is 0. The van der Waals surface area contributed by atoms with Crippen molar-refractivity contribution in [2.24, 2.45) is 5.73 Å². The molecule has 2 heteroatoms. The second-order valence-electron chi connectivity index (χ2n) is 6.78. The van der Waals surface area contributed by atoms with Gasteiger partial charge >= 0.3 is 0 Å². The van der Waals surface area contributed by atoms with Crippen molar-refractivity contribution in [1.29, 1.82) is 0 Å². The maximum Gasteiger partial charge on any atom is 0.0396 e. The highest BCUT2D eigenvalue weighted by molar-refractivity contribution is 5.70. The van der Waals surface area contributed by atoms with Crippen molar-refractivity contribution < 1.29 is 0 Å². The van der Waals surface area contributed by atoms with Gasteiger partial charge in [-0.05, 0) is 78.1 Å². The molecular formula is C20H24N2. The molecule has 2 nitrogen and oxygen atoms in total. The number of hydrogen-bond acceptors (Lipinski definition) is 2. The van der Waals surface area contributed by atoms with E-state index in [0.29, 0.717) is 0 Å². The third-order valence-electron chi connectivity index (χ3n) is 5.27. The fourth-order valence-corrected chi connectivity index (χ4v) is 3.98. The Kier molecular flexibility index (Phi) is 3.42. The molecule has 2 N–H and O–H groups in total. The molecule has 1 heterocycles. The molecule has 0 fully saturated rings. The van der Waals surface area contributed by atoms with Gasteiger partial charge in [-0.25, -0.2) is 0 Å². The first-order chi connectivity index (χ1) is 10.7. The Labute approximate surface area is 132 Å². The van der Waals surface area contributed by atoms with E-state index >= 15 is 0 Å². The molecule has 2 aliphatic rings. The number of rotatable bonds is 1. The number of aryl methyl sites for hydroxylation is 2. The zero-order valence-electron chi connectivity index (χ0n) is 13.3. The third kappa shape index (κ3) is 2.32. The third-order valence-corrected chi connectivity index (χ3v) is 5.27. The first-order valence-corrected chi connectivity index (χ1v) is 8.45.